The molecule has 0 fully saturated rings. The largest absolute Gasteiger partial charge is 0.399 e. The SMILES string of the molecule is Cn1c(-c2cc(N)ccc2Cl)nc2cc(Cl)ccc21. The summed E-state index contributed by atoms with van der Waals surface area (Å²) in [5.41, 5.74) is 9.12. The van der Waals surface area contributed by atoms with Crippen molar-refractivity contribution in [3.8, 4) is 11.4 Å². The van der Waals surface area contributed by atoms with Crippen molar-refractivity contribution < 1.29 is 0 Å². The zero-order chi connectivity index (χ0) is 13.6. The lowest BCUT2D eigenvalue weighted by atomic mass is 10.2. The normalized spacial score (nSPS) is 11.1. The molecule has 5 heteroatoms. The summed E-state index contributed by atoms with van der Waals surface area (Å²) >= 11 is 12.2. The number of nitrogen functional groups attached to an aromatic ring is 1. The number of nitrogens with two attached hydrogens (primary N) is 1. The van der Waals surface area contributed by atoms with Gasteiger partial charge in [-0.2, -0.15) is 0 Å². The molecule has 0 radical (unpaired) electrons. The minimum atomic E-state index is 0.624. The van der Waals surface area contributed by atoms with Crippen molar-refractivity contribution in [2.75, 3.05) is 5.73 Å². The lowest BCUT2D eigenvalue weighted by Crippen LogP contribution is -1.94. The molecule has 3 nitrogen and oxygen atoms in total. The molecule has 0 spiro atoms. The molecule has 0 amide bonds. The van der Waals surface area contributed by atoms with Gasteiger partial charge in [-0.15, -0.1) is 0 Å². The van der Waals surface area contributed by atoms with E-state index in [9.17, 15) is 0 Å². The van der Waals surface area contributed by atoms with E-state index in [2.05, 4.69) is 4.98 Å². The molecule has 0 aliphatic heterocycles. The third-order valence-corrected chi connectivity index (χ3v) is 3.64. The van der Waals surface area contributed by atoms with Crippen LogP contribution in [0.5, 0.6) is 0 Å². The van der Waals surface area contributed by atoms with Crippen LogP contribution in [-0.2, 0) is 7.05 Å². The predicted molar refractivity (Wildman–Crippen MR) is 80.6 cm³/mol. The van der Waals surface area contributed by atoms with E-state index in [-0.39, 0.29) is 0 Å². The van der Waals surface area contributed by atoms with Crippen LogP contribution in [0.25, 0.3) is 22.4 Å². The predicted octanol–water partition coefficient (Wildman–Crippen LogP) is 4.13. The fourth-order valence-electron chi connectivity index (χ4n) is 2.13. The Balaban J connectivity index is 2.30. The van der Waals surface area contributed by atoms with Crippen LogP contribution in [0.4, 0.5) is 5.69 Å². The zero-order valence-electron chi connectivity index (χ0n) is 10.2. The zero-order valence-corrected chi connectivity index (χ0v) is 11.7. The number of anilines is 1. The first-order valence-electron chi connectivity index (χ1n) is 5.73. The minimum Gasteiger partial charge on any atom is -0.399 e. The van der Waals surface area contributed by atoms with Crippen molar-refractivity contribution in [3.05, 3.63) is 46.4 Å². The number of halogens is 2. The van der Waals surface area contributed by atoms with Gasteiger partial charge in [-0.05, 0) is 36.4 Å². The Hall–Kier alpha value is -1.71. The molecule has 0 saturated carbocycles. The molecule has 2 aromatic carbocycles. The first-order valence-corrected chi connectivity index (χ1v) is 6.49. The Bertz CT molecular complexity index is 778. The van der Waals surface area contributed by atoms with Crippen LogP contribution in [0.2, 0.25) is 10.0 Å². The van der Waals surface area contributed by atoms with Crippen molar-refractivity contribution in [2.24, 2.45) is 7.05 Å². The van der Waals surface area contributed by atoms with E-state index < -0.39 is 0 Å². The molecule has 0 aliphatic rings. The molecule has 0 bridgehead atoms. The van der Waals surface area contributed by atoms with Crippen LogP contribution in [0.15, 0.2) is 36.4 Å². The van der Waals surface area contributed by atoms with Crippen LogP contribution >= 0.6 is 23.2 Å². The van der Waals surface area contributed by atoms with Crippen LogP contribution in [-0.4, -0.2) is 9.55 Å². The van der Waals surface area contributed by atoms with E-state index in [1.165, 1.54) is 0 Å². The Kier molecular flexibility index (Phi) is 2.88. The maximum absolute atomic E-state index is 6.23. The van der Waals surface area contributed by atoms with Gasteiger partial charge in [0.1, 0.15) is 5.82 Å². The summed E-state index contributed by atoms with van der Waals surface area (Å²) in [6.07, 6.45) is 0. The van der Waals surface area contributed by atoms with Crippen molar-refractivity contribution >= 4 is 39.9 Å². The lowest BCUT2D eigenvalue weighted by Gasteiger charge is -2.05. The highest BCUT2D eigenvalue weighted by atomic mass is 35.5. The van der Waals surface area contributed by atoms with E-state index in [0.717, 1.165) is 22.4 Å². The van der Waals surface area contributed by atoms with Crippen LogP contribution in [0, 0.1) is 0 Å². The molecule has 1 aromatic heterocycles. The Labute approximate surface area is 120 Å². The molecule has 2 N–H and O–H groups in total. The van der Waals surface area contributed by atoms with Crippen molar-refractivity contribution in [2.45, 2.75) is 0 Å². The number of nitrogens with zero attached hydrogens (tertiary/aromatic N) is 2. The van der Waals surface area contributed by atoms with Gasteiger partial charge in [-0.25, -0.2) is 4.98 Å². The van der Waals surface area contributed by atoms with Crippen LogP contribution in [0.1, 0.15) is 0 Å². The average Bonchev–Trinajstić information content (AvgIpc) is 2.69. The van der Waals surface area contributed by atoms with Gasteiger partial charge >= 0.3 is 0 Å². The van der Waals surface area contributed by atoms with Crippen LogP contribution in [0.3, 0.4) is 0 Å². The number of hydrogen-bond donors (Lipinski definition) is 1. The Morgan fingerprint density at radius 1 is 1.11 bits per heavy atom. The smallest absolute Gasteiger partial charge is 0.142 e. The molecule has 3 aromatic rings. The fourth-order valence-corrected chi connectivity index (χ4v) is 2.50. The summed E-state index contributed by atoms with van der Waals surface area (Å²) in [4.78, 5) is 4.58. The monoisotopic (exact) mass is 291 g/mol. The van der Waals surface area contributed by atoms with Crippen molar-refractivity contribution in [1.82, 2.24) is 9.55 Å². The van der Waals surface area contributed by atoms with Crippen LogP contribution < -0.4 is 5.73 Å². The topological polar surface area (TPSA) is 43.8 Å². The maximum Gasteiger partial charge on any atom is 0.142 e. The van der Waals surface area contributed by atoms with Gasteiger partial charge in [0, 0.05) is 23.3 Å². The van der Waals surface area contributed by atoms with Gasteiger partial charge < -0.3 is 10.3 Å². The van der Waals surface area contributed by atoms with Gasteiger partial charge in [0.2, 0.25) is 0 Å². The van der Waals surface area contributed by atoms with Gasteiger partial charge in [0.15, 0.2) is 0 Å². The molecule has 19 heavy (non-hydrogen) atoms. The average molecular weight is 292 g/mol. The number of hydrogen-bond acceptors (Lipinski definition) is 2. The first-order chi connectivity index (χ1) is 9.06. The quantitative estimate of drug-likeness (QED) is 0.685. The molecule has 3 rings (SSSR count). The van der Waals surface area contributed by atoms with E-state index >= 15 is 0 Å². The summed E-state index contributed by atoms with van der Waals surface area (Å²) in [5.74, 6) is 0.773. The van der Waals surface area contributed by atoms with Crippen molar-refractivity contribution in [1.29, 1.82) is 0 Å². The van der Waals surface area contributed by atoms with E-state index in [1.54, 1.807) is 12.1 Å². The number of aryl methyl sites for hydroxylation is 1. The lowest BCUT2D eigenvalue weighted by molar-refractivity contribution is 0.959. The molecule has 0 saturated heterocycles. The number of aromatic nitrogens is 2. The summed E-state index contributed by atoms with van der Waals surface area (Å²) in [6, 6.07) is 11.0. The Morgan fingerprint density at radius 2 is 1.89 bits per heavy atom. The Morgan fingerprint density at radius 3 is 2.68 bits per heavy atom. The molecule has 96 valence electrons. The highest BCUT2D eigenvalue weighted by Crippen LogP contribution is 2.31. The van der Waals surface area contributed by atoms with E-state index in [0.29, 0.717) is 15.7 Å². The first kappa shape index (κ1) is 12.3. The number of rotatable bonds is 1. The summed E-state index contributed by atoms with van der Waals surface area (Å²) in [7, 11) is 1.94. The van der Waals surface area contributed by atoms with Gasteiger partial charge in [-0.1, -0.05) is 23.2 Å². The van der Waals surface area contributed by atoms with Gasteiger partial charge in [0.05, 0.1) is 16.1 Å². The summed E-state index contributed by atoms with van der Waals surface area (Å²) in [5, 5.41) is 1.29. The second-order valence-electron chi connectivity index (χ2n) is 4.37. The van der Waals surface area contributed by atoms with E-state index in [4.69, 9.17) is 28.9 Å². The minimum absolute atomic E-state index is 0.624. The highest BCUT2D eigenvalue weighted by molar-refractivity contribution is 6.33. The fraction of sp³-hybridized carbons (Fsp3) is 0.0714. The van der Waals surface area contributed by atoms with Gasteiger partial charge in [-0.3, -0.25) is 0 Å². The molecule has 0 unspecified atom stereocenters. The molecule has 0 aliphatic carbocycles. The third kappa shape index (κ3) is 2.05. The number of fused-ring (bicyclic) bond motifs is 1. The molecule has 1 heterocycles. The molecular weight excluding hydrogens is 281 g/mol. The second-order valence-corrected chi connectivity index (χ2v) is 5.21. The maximum atomic E-state index is 6.23. The number of benzene rings is 2. The summed E-state index contributed by atoms with van der Waals surface area (Å²) in [6.45, 7) is 0. The molecule has 0 atom stereocenters. The summed E-state index contributed by atoms with van der Waals surface area (Å²) < 4.78 is 1.98. The number of imidazole rings is 1. The van der Waals surface area contributed by atoms with E-state index in [1.807, 2.05) is 35.9 Å². The highest BCUT2D eigenvalue weighted by Gasteiger charge is 2.13. The molecular formula is C14H11Cl2N3. The van der Waals surface area contributed by atoms with Gasteiger partial charge in [0.25, 0.3) is 0 Å². The third-order valence-electron chi connectivity index (χ3n) is 3.07. The van der Waals surface area contributed by atoms with Crippen molar-refractivity contribution in [3.63, 3.8) is 0 Å². The standard InChI is InChI=1S/C14H11Cl2N3/c1-19-13-5-2-8(15)6-12(13)18-14(19)10-7-9(17)3-4-11(10)16/h2-7H,17H2,1H3. The second kappa shape index (κ2) is 4.44.